The quantitative estimate of drug-likeness (QED) is 0.719. The molecule has 0 aliphatic rings. The topological polar surface area (TPSA) is 30.7 Å². The molecule has 2 aromatic heterocycles. The van der Waals surface area contributed by atoms with Crippen LogP contribution in [-0.4, -0.2) is 14.8 Å². The van der Waals surface area contributed by atoms with E-state index in [0.29, 0.717) is 0 Å². The maximum Gasteiger partial charge on any atom is 0.159 e. The number of halogens is 1. The smallest absolute Gasteiger partial charge is 0.159 e. The molecule has 0 saturated carbocycles. The van der Waals surface area contributed by atoms with Gasteiger partial charge in [0.25, 0.3) is 0 Å². The Labute approximate surface area is 120 Å². The van der Waals surface area contributed by atoms with Crippen LogP contribution in [0.4, 0.5) is 0 Å². The van der Waals surface area contributed by atoms with Gasteiger partial charge in [-0.2, -0.15) is 5.10 Å². The summed E-state index contributed by atoms with van der Waals surface area (Å²) in [5.74, 6) is 0. The van der Waals surface area contributed by atoms with E-state index in [9.17, 15) is 0 Å². The largest absolute Gasteiger partial charge is 0.243 e. The summed E-state index contributed by atoms with van der Waals surface area (Å²) in [7, 11) is 0. The summed E-state index contributed by atoms with van der Waals surface area (Å²) in [6.45, 7) is 4.76. The number of nitrogens with zero attached hydrogens (tertiary/aromatic N) is 3. The third kappa shape index (κ3) is 2.28. The van der Waals surface area contributed by atoms with Crippen molar-refractivity contribution in [3.05, 3.63) is 57.8 Å². The average Bonchev–Trinajstić information content (AvgIpc) is 2.67. The van der Waals surface area contributed by atoms with E-state index in [2.05, 4.69) is 38.1 Å². The number of aryl methyl sites for hydroxylation is 2. The minimum atomic E-state index is 0.744. The standard InChI is InChI=1S/C15H14BrN3/c1-10-8-13(16)14-11(2)18-19(15(14)17-10)9-12-6-4-3-5-7-12/h3-8H,9H2,1-2H3. The van der Waals surface area contributed by atoms with Gasteiger partial charge in [-0.3, -0.25) is 0 Å². The Bertz CT molecular complexity index is 732. The Morgan fingerprint density at radius 3 is 2.63 bits per heavy atom. The lowest BCUT2D eigenvalue weighted by molar-refractivity contribution is 0.695. The van der Waals surface area contributed by atoms with Crippen molar-refractivity contribution in [1.29, 1.82) is 0 Å². The summed E-state index contributed by atoms with van der Waals surface area (Å²) >= 11 is 3.60. The number of pyridine rings is 1. The second-order valence-electron chi connectivity index (χ2n) is 4.67. The number of fused-ring (bicyclic) bond motifs is 1. The summed E-state index contributed by atoms with van der Waals surface area (Å²) < 4.78 is 3.03. The molecule has 0 fully saturated rings. The summed E-state index contributed by atoms with van der Waals surface area (Å²) in [5.41, 5.74) is 4.17. The van der Waals surface area contributed by atoms with Crippen molar-refractivity contribution < 1.29 is 0 Å². The molecular weight excluding hydrogens is 302 g/mol. The third-order valence-corrected chi connectivity index (χ3v) is 3.76. The maximum absolute atomic E-state index is 4.62. The molecule has 0 amide bonds. The fraction of sp³-hybridized carbons (Fsp3) is 0.200. The molecule has 96 valence electrons. The molecular formula is C15H14BrN3. The van der Waals surface area contributed by atoms with E-state index in [-0.39, 0.29) is 0 Å². The Hall–Kier alpha value is -1.68. The van der Waals surface area contributed by atoms with E-state index in [1.807, 2.05) is 42.8 Å². The lowest BCUT2D eigenvalue weighted by atomic mass is 10.2. The summed E-state index contributed by atoms with van der Waals surface area (Å²) in [4.78, 5) is 4.62. The van der Waals surface area contributed by atoms with Gasteiger partial charge in [-0.1, -0.05) is 30.3 Å². The Kier molecular flexibility index (Phi) is 3.11. The van der Waals surface area contributed by atoms with Crippen LogP contribution in [0.2, 0.25) is 0 Å². The Morgan fingerprint density at radius 1 is 1.16 bits per heavy atom. The number of benzene rings is 1. The molecule has 3 rings (SSSR count). The summed E-state index contributed by atoms with van der Waals surface area (Å²) in [6, 6.07) is 12.4. The van der Waals surface area contributed by atoms with E-state index in [1.54, 1.807) is 0 Å². The van der Waals surface area contributed by atoms with Crippen LogP contribution in [0.25, 0.3) is 11.0 Å². The molecule has 0 atom stereocenters. The molecule has 0 aliphatic heterocycles. The van der Waals surface area contributed by atoms with E-state index in [4.69, 9.17) is 0 Å². The Morgan fingerprint density at radius 2 is 1.89 bits per heavy atom. The lowest BCUT2D eigenvalue weighted by Crippen LogP contribution is -2.03. The normalized spacial score (nSPS) is 11.1. The number of rotatable bonds is 2. The van der Waals surface area contributed by atoms with Crippen LogP contribution in [0, 0.1) is 13.8 Å². The van der Waals surface area contributed by atoms with E-state index in [1.165, 1.54) is 5.56 Å². The van der Waals surface area contributed by atoms with Crippen LogP contribution < -0.4 is 0 Å². The number of aromatic nitrogens is 3. The fourth-order valence-corrected chi connectivity index (χ4v) is 3.08. The molecule has 0 radical (unpaired) electrons. The lowest BCUT2D eigenvalue weighted by Gasteiger charge is -2.04. The van der Waals surface area contributed by atoms with Crippen LogP contribution in [0.3, 0.4) is 0 Å². The molecule has 0 saturated heterocycles. The molecule has 3 aromatic rings. The van der Waals surface area contributed by atoms with Crippen LogP contribution in [-0.2, 0) is 6.54 Å². The van der Waals surface area contributed by atoms with Gasteiger partial charge in [0.2, 0.25) is 0 Å². The first-order valence-corrected chi connectivity index (χ1v) is 6.98. The van der Waals surface area contributed by atoms with Gasteiger partial charge in [-0.15, -0.1) is 0 Å². The van der Waals surface area contributed by atoms with Crippen LogP contribution in [0.15, 0.2) is 40.9 Å². The minimum absolute atomic E-state index is 0.744. The number of hydrogen-bond acceptors (Lipinski definition) is 2. The second kappa shape index (κ2) is 4.78. The summed E-state index contributed by atoms with van der Waals surface area (Å²) in [5, 5.41) is 5.71. The predicted octanol–water partition coefficient (Wildman–Crippen LogP) is 3.86. The van der Waals surface area contributed by atoms with Gasteiger partial charge in [0.1, 0.15) is 0 Å². The van der Waals surface area contributed by atoms with Gasteiger partial charge in [0.15, 0.2) is 5.65 Å². The third-order valence-electron chi connectivity index (χ3n) is 3.13. The molecule has 0 bridgehead atoms. The number of hydrogen-bond donors (Lipinski definition) is 0. The van der Waals surface area contributed by atoms with Crippen molar-refractivity contribution in [2.75, 3.05) is 0 Å². The van der Waals surface area contributed by atoms with Gasteiger partial charge in [-0.05, 0) is 41.4 Å². The first-order chi connectivity index (χ1) is 9.15. The van der Waals surface area contributed by atoms with Crippen molar-refractivity contribution in [3.8, 4) is 0 Å². The molecule has 2 heterocycles. The van der Waals surface area contributed by atoms with Crippen molar-refractivity contribution in [2.45, 2.75) is 20.4 Å². The molecule has 0 aliphatic carbocycles. The van der Waals surface area contributed by atoms with Crippen LogP contribution in [0.5, 0.6) is 0 Å². The SMILES string of the molecule is Cc1cc(Br)c2c(C)nn(Cc3ccccc3)c2n1. The molecule has 0 N–H and O–H groups in total. The van der Waals surface area contributed by atoms with E-state index >= 15 is 0 Å². The van der Waals surface area contributed by atoms with E-state index in [0.717, 1.165) is 33.4 Å². The van der Waals surface area contributed by atoms with Crippen molar-refractivity contribution >= 4 is 27.0 Å². The second-order valence-corrected chi connectivity index (χ2v) is 5.53. The van der Waals surface area contributed by atoms with Crippen molar-refractivity contribution in [2.24, 2.45) is 0 Å². The molecule has 3 nitrogen and oxygen atoms in total. The zero-order valence-electron chi connectivity index (χ0n) is 10.9. The van der Waals surface area contributed by atoms with Gasteiger partial charge >= 0.3 is 0 Å². The monoisotopic (exact) mass is 315 g/mol. The first-order valence-electron chi connectivity index (χ1n) is 6.19. The molecule has 0 unspecified atom stereocenters. The minimum Gasteiger partial charge on any atom is -0.243 e. The average molecular weight is 316 g/mol. The van der Waals surface area contributed by atoms with Crippen molar-refractivity contribution in [3.63, 3.8) is 0 Å². The zero-order valence-corrected chi connectivity index (χ0v) is 12.5. The molecule has 1 aromatic carbocycles. The van der Waals surface area contributed by atoms with Gasteiger partial charge in [0, 0.05) is 10.2 Å². The Balaban J connectivity index is 2.14. The van der Waals surface area contributed by atoms with Gasteiger partial charge in [0.05, 0.1) is 17.6 Å². The maximum atomic E-state index is 4.62. The fourth-order valence-electron chi connectivity index (χ4n) is 2.28. The van der Waals surface area contributed by atoms with Gasteiger partial charge < -0.3 is 0 Å². The first kappa shape index (κ1) is 12.4. The highest BCUT2D eigenvalue weighted by Crippen LogP contribution is 2.26. The highest BCUT2D eigenvalue weighted by Gasteiger charge is 2.12. The summed E-state index contributed by atoms with van der Waals surface area (Å²) in [6.07, 6.45) is 0. The molecule has 0 spiro atoms. The zero-order chi connectivity index (χ0) is 13.4. The van der Waals surface area contributed by atoms with Crippen LogP contribution >= 0.6 is 15.9 Å². The highest BCUT2D eigenvalue weighted by molar-refractivity contribution is 9.10. The van der Waals surface area contributed by atoms with Crippen molar-refractivity contribution in [1.82, 2.24) is 14.8 Å². The highest BCUT2D eigenvalue weighted by atomic mass is 79.9. The van der Waals surface area contributed by atoms with E-state index < -0.39 is 0 Å². The predicted molar refractivity (Wildman–Crippen MR) is 80.2 cm³/mol. The van der Waals surface area contributed by atoms with Crippen LogP contribution in [0.1, 0.15) is 17.0 Å². The molecule has 4 heteroatoms. The van der Waals surface area contributed by atoms with Gasteiger partial charge in [-0.25, -0.2) is 9.67 Å². The molecule has 19 heavy (non-hydrogen) atoms.